The highest BCUT2D eigenvalue weighted by molar-refractivity contribution is 5.98. The fourth-order valence-corrected chi connectivity index (χ4v) is 4.60. The Morgan fingerprint density at radius 3 is 2.61 bits per heavy atom. The predicted octanol–water partition coefficient (Wildman–Crippen LogP) is 2.57. The quantitative estimate of drug-likeness (QED) is 0.550. The van der Waals surface area contributed by atoms with E-state index in [1.165, 1.54) is 23.5 Å². The van der Waals surface area contributed by atoms with Crippen molar-refractivity contribution in [3.8, 4) is 5.75 Å². The van der Waals surface area contributed by atoms with Crippen LogP contribution in [0.15, 0.2) is 18.2 Å². The summed E-state index contributed by atoms with van der Waals surface area (Å²) < 4.78 is 36.1. The van der Waals surface area contributed by atoms with E-state index in [-0.39, 0.29) is 36.4 Å². The number of carbonyl (C=O) groups is 2. The molecular formula is C23H32F2N4O4. The molecule has 1 aliphatic heterocycles. The second-order valence-electron chi connectivity index (χ2n) is 8.98. The Morgan fingerprint density at radius 2 is 2.03 bits per heavy atom. The van der Waals surface area contributed by atoms with E-state index in [0.29, 0.717) is 30.8 Å². The highest BCUT2D eigenvalue weighted by Gasteiger charge is 2.36. The minimum Gasteiger partial charge on any atom is -0.433 e. The number of alkyl halides is 2. The van der Waals surface area contributed by atoms with Crippen LogP contribution in [0.25, 0.3) is 0 Å². The van der Waals surface area contributed by atoms with E-state index < -0.39 is 12.7 Å². The molecule has 0 bridgehead atoms. The summed E-state index contributed by atoms with van der Waals surface area (Å²) in [4.78, 5) is 29.0. The van der Waals surface area contributed by atoms with E-state index in [4.69, 9.17) is 15.2 Å². The van der Waals surface area contributed by atoms with Crippen LogP contribution in [0.5, 0.6) is 5.75 Å². The first-order chi connectivity index (χ1) is 16.0. The SMILES string of the molecule is NC[C@@H](C(=O)Nc1ccc(N2CCOCC2=O)cc1OC(F)F)N(CC1CCC1)C1CCC1. The third kappa shape index (κ3) is 5.62. The van der Waals surface area contributed by atoms with Crippen LogP contribution in [0.4, 0.5) is 20.2 Å². The number of rotatable bonds is 10. The first-order valence-corrected chi connectivity index (χ1v) is 11.7. The number of amides is 2. The molecule has 1 atom stereocenters. The minimum absolute atomic E-state index is 0.0697. The maximum absolute atomic E-state index is 13.2. The van der Waals surface area contributed by atoms with Crippen LogP contribution < -0.4 is 20.7 Å². The van der Waals surface area contributed by atoms with Gasteiger partial charge in [0.15, 0.2) is 5.75 Å². The molecule has 4 rings (SSSR count). The van der Waals surface area contributed by atoms with Crippen molar-refractivity contribution in [1.29, 1.82) is 0 Å². The number of nitrogens with two attached hydrogens (primary N) is 1. The Hall–Kier alpha value is -2.30. The summed E-state index contributed by atoms with van der Waals surface area (Å²) in [6.07, 6.45) is 6.76. The number of nitrogens with one attached hydrogen (secondary N) is 1. The molecule has 0 spiro atoms. The molecule has 2 aliphatic carbocycles. The van der Waals surface area contributed by atoms with E-state index in [1.807, 2.05) is 0 Å². The lowest BCUT2D eigenvalue weighted by Crippen LogP contribution is -2.56. The van der Waals surface area contributed by atoms with Crippen LogP contribution in [0.2, 0.25) is 0 Å². The van der Waals surface area contributed by atoms with Crippen molar-refractivity contribution >= 4 is 23.2 Å². The van der Waals surface area contributed by atoms with Gasteiger partial charge in [-0.05, 0) is 43.7 Å². The summed E-state index contributed by atoms with van der Waals surface area (Å²) in [5.41, 5.74) is 6.56. The zero-order valence-electron chi connectivity index (χ0n) is 18.7. The van der Waals surface area contributed by atoms with Crippen LogP contribution in [0.1, 0.15) is 38.5 Å². The van der Waals surface area contributed by atoms with Crippen LogP contribution >= 0.6 is 0 Å². The molecule has 0 aromatic heterocycles. The van der Waals surface area contributed by atoms with Crippen molar-refractivity contribution < 1.29 is 27.8 Å². The van der Waals surface area contributed by atoms with Gasteiger partial charge in [0.2, 0.25) is 5.91 Å². The Balaban J connectivity index is 1.52. The van der Waals surface area contributed by atoms with Gasteiger partial charge < -0.3 is 25.4 Å². The molecular weight excluding hydrogens is 434 g/mol. The standard InChI is InChI=1S/C23H32F2N4O4/c24-23(25)33-20-11-17(28-9-10-32-14-21(28)30)7-8-18(20)27-22(31)19(12-26)29(16-5-2-6-16)13-15-3-1-4-15/h7-8,11,15-16,19,23H,1-6,9-10,12-14,26H2,(H,27,31)/t19-/m0/s1. The van der Waals surface area contributed by atoms with Crippen LogP contribution in [0.3, 0.4) is 0 Å². The molecule has 2 amide bonds. The van der Waals surface area contributed by atoms with Crippen LogP contribution in [-0.4, -0.2) is 68.3 Å². The van der Waals surface area contributed by atoms with E-state index in [9.17, 15) is 18.4 Å². The number of anilines is 2. The summed E-state index contributed by atoms with van der Waals surface area (Å²) >= 11 is 0. The molecule has 3 N–H and O–H groups in total. The van der Waals surface area contributed by atoms with Gasteiger partial charge in [0.1, 0.15) is 12.6 Å². The van der Waals surface area contributed by atoms with E-state index in [1.54, 1.807) is 6.07 Å². The van der Waals surface area contributed by atoms with Crippen molar-refractivity contribution in [3.05, 3.63) is 18.2 Å². The third-order valence-electron chi connectivity index (χ3n) is 6.90. The summed E-state index contributed by atoms with van der Waals surface area (Å²) in [5.74, 6) is -0.218. The molecule has 1 heterocycles. The fraction of sp³-hybridized carbons (Fsp3) is 0.652. The number of hydrogen-bond acceptors (Lipinski definition) is 6. The topological polar surface area (TPSA) is 97.1 Å². The first kappa shape index (κ1) is 23.8. The number of ether oxygens (including phenoxy) is 2. The molecule has 1 aromatic carbocycles. The van der Waals surface area contributed by atoms with Crippen LogP contribution in [-0.2, 0) is 14.3 Å². The summed E-state index contributed by atoms with van der Waals surface area (Å²) in [5, 5.41) is 2.75. The predicted molar refractivity (Wildman–Crippen MR) is 119 cm³/mol. The van der Waals surface area contributed by atoms with Crippen molar-refractivity contribution in [1.82, 2.24) is 4.90 Å². The van der Waals surface area contributed by atoms with Gasteiger partial charge in [0.25, 0.3) is 5.91 Å². The van der Waals surface area contributed by atoms with Crippen molar-refractivity contribution in [3.63, 3.8) is 0 Å². The van der Waals surface area contributed by atoms with Gasteiger partial charge >= 0.3 is 6.61 Å². The van der Waals surface area contributed by atoms with Crippen molar-refractivity contribution in [2.24, 2.45) is 11.7 Å². The largest absolute Gasteiger partial charge is 0.433 e. The van der Waals surface area contributed by atoms with Gasteiger partial charge in [-0.3, -0.25) is 14.5 Å². The molecule has 2 saturated carbocycles. The van der Waals surface area contributed by atoms with Gasteiger partial charge in [-0.15, -0.1) is 0 Å². The normalized spacial score (nSPS) is 20.5. The fourth-order valence-electron chi connectivity index (χ4n) is 4.60. The van der Waals surface area contributed by atoms with Gasteiger partial charge in [-0.1, -0.05) is 12.8 Å². The molecule has 10 heteroatoms. The molecule has 1 saturated heterocycles. The highest BCUT2D eigenvalue weighted by atomic mass is 19.3. The number of halogens is 2. The number of benzene rings is 1. The third-order valence-corrected chi connectivity index (χ3v) is 6.90. The Labute approximate surface area is 192 Å². The maximum atomic E-state index is 13.2. The second-order valence-corrected chi connectivity index (χ2v) is 8.98. The van der Waals surface area contributed by atoms with Crippen molar-refractivity contribution in [2.75, 3.05) is 43.1 Å². The summed E-state index contributed by atoms with van der Waals surface area (Å²) in [6.45, 7) is -1.51. The Bertz CT molecular complexity index is 848. The number of morpholine rings is 1. The molecule has 0 radical (unpaired) electrons. The molecule has 0 unspecified atom stereocenters. The van der Waals surface area contributed by atoms with Gasteiger partial charge in [0, 0.05) is 37.4 Å². The Kier molecular flexibility index (Phi) is 7.77. The summed E-state index contributed by atoms with van der Waals surface area (Å²) in [7, 11) is 0. The average Bonchev–Trinajstić information content (AvgIpc) is 2.71. The molecule has 8 nitrogen and oxygen atoms in total. The zero-order chi connectivity index (χ0) is 23.4. The van der Waals surface area contributed by atoms with E-state index in [2.05, 4.69) is 10.2 Å². The molecule has 182 valence electrons. The Morgan fingerprint density at radius 1 is 1.27 bits per heavy atom. The van der Waals surface area contributed by atoms with E-state index in [0.717, 1.165) is 38.6 Å². The van der Waals surface area contributed by atoms with Gasteiger partial charge in [-0.25, -0.2) is 0 Å². The number of carbonyl (C=O) groups excluding carboxylic acids is 2. The molecule has 3 fully saturated rings. The average molecular weight is 467 g/mol. The zero-order valence-corrected chi connectivity index (χ0v) is 18.7. The lowest BCUT2D eigenvalue weighted by Gasteiger charge is -2.44. The van der Waals surface area contributed by atoms with Crippen molar-refractivity contribution in [2.45, 2.75) is 57.2 Å². The lowest BCUT2D eigenvalue weighted by molar-refractivity contribution is -0.125. The number of nitrogens with zero attached hydrogens (tertiary/aromatic N) is 2. The van der Waals surface area contributed by atoms with Gasteiger partial charge in [-0.2, -0.15) is 8.78 Å². The van der Waals surface area contributed by atoms with Gasteiger partial charge in [0.05, 0.1) is 12.3 Å². The maximum Gasteiger partial charge on any atom is 0.387 e. The first-order valence-electron chi connectivity index (χ1n) is 11.7. The number of hydrogen-bond donors (Lipinski definition) is 2. The molecule has 33 heavy (non-hydrogen) atoms. The summed E-state index contributed by atoms with van der Waals surface area (Å²) in [6, 6.07) is 4.22. The molecule has 1 aromatic rings. The smallest absolute Gasteiger partial charge is 0.387 e. The minimum atomic E-state index is -3.08. The molecule has 3 aliphatic rings. The highest BCUT2D eigenvalue weighted by Crippen LogP contribution is 2.35. The monoisotopic (exact) mass is 466 g/mol. The lowest BCUT2D eigenvalue weighted by atomic mass is 9.82. The second kappa shape index (κ2) is 10.8. The van der Waals surface area contributed by atoms with E-state index >= 15 is 0 Å². The van der Waals surface area contributed by atoms with Crippen LogP contribution in [0, 0.1) is 5.92 Å².